The molecule has 0 spiro atoms. The van der Waals surface area contributed by atoms with Crippen molar-refractivity contribution < 1.29 is 32.0 Å². The molecule has 0 saturated carbocycles. The van der Waals surface area contributed by atoms with Crippen LogP contribution < -0.4 is 0 Å². The van der Waals surface area contributed by atoms with Crippen molar-refractivity contribution in [2.75, 3.05) is 12.8 Å². The average Bonchev–Trinajstić information content (AvgIpc) is 2.64. The third kappa shape index (κ3) is 4.38. The summed E-state index contributed by atoms with van der Waals surface area (Å²) >= 11 is 0. The Hall–Kier alpha value is -1.35. The molecule has 1 aliphatic rings. The van der Waals surface area contributed by atoms with Gasteiger partial charge in [-0.3, -0.25) is 9.08 Å². The fourth-order valence-corrected chi connectivity index (χ4v) is 3.92. The SMILES string of the molecule is CC(C)(C)OC(=O)C1N(C(=O)O)CCC1(OS(C)(=O)=O)C(C)(C)C. The zero-order valence-corrected chi connectivity index (χ0v) is 16.1. The predicted molar refractivity (Wildman–Crippen MR) is 87.1 cm³/mol. The topological polar surface area (TPSA) is 110 Å². The fraction of sp³-hybridized carbons (Fsp3) is 0.867. The third-order valence-electron chi connectivity index (χ3n) is 3.92. The van der Waals surface area contributed by atoms with Crippen LogP contribution in [0, 0.1) is 5.41 Å². The maximum absolute atomic E-state index is 12.7. The molecule has 1 saturated heterocycles. The van der Waals surface area contributed by atoms with Crippen molar-refractivity contribution in [1.82, 2.24) is 4.90 Å². The monoisotopic (exact) mass is 365 g/mol. The molecule has 0 aliphatic carbocycles. The third-order valence-corrected chi connectivity index (χ3v) is 4.52. The first-order chi connectivity index (χ1) is 10.5. The Kier molecular flexibility index (Phi) is 5.33. The molecule has 9 heteroatoms. The standard InChI is InChI=1S/C15H27NO7S/c1-13(2,3)15(23-24(7,20)21)8-9-16(12(18)19)10(15)11(17)22-14(4,5)6/h10H,8-9H2,1-7H3,(H,18,19). The van der Waals surface area contributed by atoms with Gasteiger partial charge in [-0.1, -0.05) is 20.8 Å². The summed E-state index contributed by atoms with van der Waals surface area (Å²) in [6.07, 6.45) is -0.371. The van der Waals surface area contributed by atoms with E-state index in [9.17, 15) is 23.1 Å². The predicted octanol–water partition coefficient (Wildman–Crippen LogP) is 1.84. The molecule has 0 aromatic carbocycles. The second-order valence-corrected chi connectivity index (χ2v) is 9.66. The molecule has 24 heavy (non-hydrogen) atoms. The molecule has 2 unspecified atom stereocenters. The van der Waals surface area contributed by atoms with Crippen LogP contribution in [0.1, 0.15) is 48.0 Å². The molecule has 0 radical (unpaired) electrons. The lowest BCUT2D eigenvalue weighted by Gasteiger charge is -2.44. The number of esters is 1. The molecule has 0 aromatic heterocycles. The van der Waals surface area contributed by atoms with Crippen LogP contribution in [-0.4, -0.2) is 60.5 Å². The Morgan fingerprint density at radius 2 is 1.67 bits per heavy atom. The lowest BCUT2D eigenvalue weighted by molar-refractivity contribution is -0.170. The molecule has 1 rings (SSSR count). The Balaban J connectivity index is 3.48. The number of hydrogen-bond donors (Lipinski definition) is 1. The molecule has 0 bridgehead atoms. The van der Waals surface area contributed by atoms with Gasteiger partial charge in [-0.15, -0.1) is 0 Å². The average molecular weight is 365 g/mol. The van der Waals surface area contributed by atoms with Crippen molar-refractivity contribution in [3.8, 4) is 0 Å². The zero-order valence-electron chi connectivity index (χ0n) is 15.2. The van der Waals surface area contributed by atoms with Crippen molar-refractivity contribution in [3.63, 3.8) is 0 Å². The molecule has 8 nitrogen and oxygen atoms in total. The Morgan fingerprint density at radius 3 is 2.00 bits per heavy atom. The van der Waals surface area contributed by atoms with E-state index in [4.69, 9.17) is 8.92 Å². The summed E-state index contributed by atoms with van der Waals surface area (Å²) in [5.41, 5.74) is -3.22. The molecule has 1 aliphatic heterocycles. The first-order valence-electron chi connectivity index (χ1n) is 7.63. The second kappa shape index (κ2) is 6.18. The van der Waals surface area contributed by atoms with Gasteiger partial charge in [0.15, 0.2) is 6.04 Å². The highest BCUT2D eigenvalue weighted by Crippen LogP contribution is 2.47. The summed E-state index contributed by atoms with van der Waals surface area (Å²) in [4.78, 5) is 25.2. The number of likely N-dealkylation sites (tertiary alicyclic amines) is 1. The van der Waals surface area contributed by atoms with Gasteiger partial charge in [-0.2, -0.15) is 8.42 Å². The van der Waals surface area contributed by atoms with Crippen molar-refractivity contribution in [3.05, 3.63) is 0 Å². The minimum absolute atomic E-state index is 0.0218. The first-order valence-corrected chi connectivity index (χ1v) is 9.45. The molecule has 1 heterocycles. The van der Waals surface area contributed by atoms with E-state index < -0.39 is 44.8 Å². The summed E-state index contributed by atoms with van der Waals surface area (Å²) in [5.74, 6) is -0.819. The number of hydrogen-bond acceptors (Lipinski definition) is 6. The van der Waals surface area contributed by atoms with Crippen LogP contribution in [0.15, 0.2) is 0 Å². The fourth-order valence-electron chi connectivity index (χ4n) is 2.95. The number of carbonyl (C=O) groups excluding carboxylic acids is 1. The highest BCUT2D eigenvalue weighted by molar-refractivity contribution is 7.86. The Bertz CT molecular complexity index is 615. The van der Waals surface area contributed by atoms with Crippen LogP contribution >= 0.6 is 0 Å². The van der Waals surface area contributed by atoms with Gasteiger partial charge >= 0.3 is 12.1 Å². The molecule has 2 atom stereocenters. The number of carbonyl (C=O) groups is 2. The molecular formula is C15H27NO7S. The van der Waals surface area contributed by atoms with Crippen LogP contribution in [0.2, 0.25) is 0 Å². The summed E-state index contributed by atoms with van der Waals surface area (Å²) < 4.78 is 34.4. The molecule has 1 amide bonds. The molecule has 140 valence electrons. The van der Waals surface area contributed by atoms with E-state index in [1.54, 1.807) is 41.5 Å². The molecule has 0 aromatic rings. The maximum Gasteiger partial charge on any atom is 0.408 e. The van der Waals surface area contributed by atoms with E-state index in [1.807, 2.05) is 0 Å². The largest absolute Gasteiger partial charge is 0.465 e. The van der Waals surface area contributed by atoms with Gasteiger partial charge in [0.2, 0.25) is 0 Å². The number of rotatable bonds is 3. The number of carboxylic acid groups (broad SMARTS) is 1. The van der Waals surface area contributed by atoms with E-state index in [2.05, 4.69) is 0 Å². The Labute approximate surface area is 143 Å². The quantitative estimate of drug-likeness (QED) is 0.600. The first kappa shape index (κ1) is 20.7. The van der Waals surface area contributed by atoms with Gasteiger partial charge in [0.25, 0.3) is 10.1 Å². The van der Waals surface area contributed by atoms with Crippen LogP contribution in [0.4, 0.5) is 4.79 Å². The number of ether oxygens (including phenoxy) is 1. The zero-order chi connectivity index (χ0) is 19.1. The van der Waals surface area contributed by atoms with Crippen molar-refractivity contribution in [2.24, 2.45) is 5.41 Å². The highest BCUT2D eigenvalue weighted by Gasteiger charge is 2.62. The van der Waals surface area contributed by atoms with Gasteiger partial charge in [-0.05, 0) is 32.6 Å². The lowest BCUT2D eigenvalue weighted by atomic mass is 9.71. The molecule has 1 N–H and O–H groups in total. The normalized spacial score (nSPS) is 25.6. The second-order valence-electron chi connectivity index (χ2n) is 8.09. The van der Waals surface area contributed by atoms with E-state index in [-0.39, 0.29) is 13.0 Å². The molecule has 1 fully saturated rings. The van der Waals surface area contributed by atoms with Gasteiger partial charge in [0.1, 0.15) is 11.2 Å². The highest BCUT2D eigenvalue weighted by atomic mass is 32.2. The van der Waals surface area contributed by atoms with E-state index in [0.29, 0.717) is 0 Å². The minimum Gasteiger partial charge on any atom is -0.465 e. The van der Waals surface area contributed by atoms with Gasteiger partial charge in [-0.25, -0.2) is 9.59 Å². The summed E-state index contributed by atoms with van der Waals surface area (Å²) in [6, 6.07) is -1.37. The van der Waals surface area contributed by atoms with Gasteiger partial charge in [0.05, 0.1) is 6.26 Å². The Morgan fingerprint density at radius 1 is 1.17 bits per heavy atom. The van der Waals surface area contributed by atoms with Gasteiger partial charge in [0, 0.05) is 6.54 Å². The smallest absolute Gasteiger partial charge is 0.408 e. The summed E-state index contributed by atoms with van der Waals surface area (Å²) in [7, 11) is -3.94. The van der Waals surface area contributed by atoms with E-state index >= 15 is 0 Å². The lowest BCUT2D eigenvalue weighted by Crippen LogP contribution is -2.60. The van der Waals surface area contributed by atoms with Crippen LogP contribution in [0.3, 0.4) is 0 Å². The molecular weight excluding hydrogens is 338 g/mol. The summed E-state index contributed by atoms with van der Waals surface area (Å²) in [6.45, 7) is 10.1. The minimum atomic E-state index is -3.94. The number of nitrogens with zero attached hydrogens (tertiary/aromatic N) is 1. The summed E-state index contributed by atoms with van der Waals surface area (Å²) in [5, 5.41) is 9.44. The van der Waals surface area contributed by atoms with Crippen LogP contribution in [0.25, 0.3) is 0 Å². The van der Waals surface area contributed by atoms with Gasteiger partial charge < -0.3 is 9.84 Å². The number of amides is 1. The van der Waals surface area contributed by atoms with E-state index in [1.165, 1.54) is 0 Å². The van der Waals surface area contributed by atoms with Crippen molar-refractivity contribution >= 4 is 22.2 Å². The van der Waals surface area contributed by atoms with Crippen LogP contribution in [0.5, 0.6) is 0 Å². The van der Waals surface area contributed by atoms with Crippen LogP contribution in [-0.2, 0) is 23.8 Å². The van der Waals surface area contributed by atoms with E-state index in [0.717, 1.165) is 11.2 Å². The van der Waals surface area contributed by atoms with Crippen molar-refractivity contribution in [2.45, 2.75) is 65.2 Å². The van der Waals surface area contributed by atoms with Crippen molar-refractivity contribution in [1.29, 1.82) is 0 Å². The maximum atomic E-state index is 12.7.